The maximum Gasteiger partial charge on any atom is 0.279 e. The molecule has 0 aromatic carbocycles. The molecule has 1 atom stereocenters. The van der Waals surface area contributed by atoms with Crippen molar-refractivity contribution in [2.75, 3.05) is 32.7 Å². The first kappa shape index (κ1) is 18.2. The molecule has 2 rings (SSSR count). The standard InChI is InChI=1S/C13H27N3O2S.ClH/c1-13(7-6-8-14-11-13)12-15-19(17,18)16-9-4-2-3-5-10-16;/h14-15H,2-12H2,1H3;1H. The predicted molar refractivity (Wildman–Crippen MR) is 84.4 cm³/mol. The molecule has 5 nitrogen and oxygen atoms in total. The summed E-state index contributed by atoms with van der Waals surface area (Å²) in [5.74, 6) is 0. The Morgan fingerprint density at radius 1 is 1.15 bits per heavy atom. The maximum atomic E-state index is 12.3. The van der Waals surface area contributed by atoms with E-state index in [9.17, 15) is 8.42 Å². The van der Waals surface area contributed by atoms with Gasteiger partial charge in [0, 0.05) is 26.2 Å². The van der Waals surface area contributed by atoms with E-state index in [1.165, 1.54) is 0 Å². The van der Waals surface area contributed by atoms with Gasteiger partial charge < -0.3 is 5.32 Å². The predicted octanol–water partition coefficient (Wildman–Crippen LogP) is 1.51. The molecule has 7 heteroatoms. The van der Waals surface area contributed by atoms with Crippen molar-refractivity contribution >= 4 is 22.6 Å². The highest BCUT2D eigenvalue weighted by Gasteiger charge is 2.30. The number of rotatable bonds is 4. The lowest BCUT2D eigenvalue weighted by Crippen LogP contribution is -2.49. The Bertz CT molecular complexity index is 375. The Kier molecular flexibility index (Phi) is 7.21. The van der Waals surface area contributed by atoms with Crippen molar-refractivity contribution in [3.05, 3.63) is 0 Å². The molecule has 2 aliphatic rings. The van der Waals surface area contributed by atoms with Gasteiger partial charge in [-0.3, -0.25) is 0 Å². The molecule has 2 aliphatic heterocycles. The fourth-order valence-electron chi connectivity index (χ4n) is 2.91. The Labute approximate surface area is 129 Å². The molecule has 0 spiro atoms. The molecule has 0 saturated carbocycles. The van der Waals surface area contributed by atoms with Crippen molar-refractivity contribution in [2.45, 2.75) is 45.4 Å². The molecule has 1 unspecified atom stereocenters. The van der Waals surface area contributed by atoms with Gasteiger partial charge in [0.25, 0.3) is 10.2 Å². The van der Waals surface area contributed by atoms with Crippen molar-refractivity contribution in [1.29, 1.82) is 0 Å². The normalized spacial score (nSPS) is 29.4. The van der Waals surface area contributed by atoms with Gasteiger partial charge in [-0.25, -0.2) is 4.72 Å². The average molecular weight is 326 g/mol. The first-order valence-corrected chi connectivity index (χ1v) is 8.91. The SMILES string of the molecule is CC1(CNS(=O)(=O)N2CCCCCC2)CCCNC1.Cl. The van der Waals surface area contributed by atoms with E-state index in [-0.39, 0.29) is 17.8 Å². The minimum atomic E-state index is -3.29. The van der Waals surface area contributed by atoms with Gasteiger partial charge in [-0.15, -0.1) is 12.4 Å². The summed E-state index contributed by atoms with van der Waals surface area (Å²) in [4.78, 5) is 0. The van der Waals surface area contributed by atoms with Gasteiger partial charge >= 0.3 is 0 Å². The number of halogens is 1. The summed E-state index contributed by atoms with van der Waals surface area (Å²) < 4.78 is 29.1. The van der Waals surface area contributed by atoms with Crippen molar-refractivity contribution < 1.29 is 8.42 Å². The molecule has 2 heterocycles. The van der Waals surface area contributed by atoms with Crippen LogP contribution >= 0.6 is 12.4 Å². The third-order valence-electron chi connectivity index (χ3n) is 4.27. The van der Waals surface area contributed by atoms with Crippen molar-refractivity contribution in [3.8, 4) is 0 Å². The number of hydrogen-bond acceptors (Lipinski definition) is 3. The maximum absolute atomic E-state index is 12.3. The van der Waals surface area contributed by atoms with Crippen LogP contribution in [0.2, 0.25) is 0 Å². The summed E-state index contributed by atoms with van der Waals surface area (Å²) in [5.41, 5.74) is 0.0527. The Hall–Kier alpha value is 0.120. The molecule has 20 heavy (non-hydrogen) atoms. The zero-order chi connectivity index (χ0) is 13.8. The van der Waals surface area contributed by atoms with E-state index >= 15 is 0 Å². The lowest BCUT2D eigenvalue weighted by atomic mass is 9.83. The summed E-state index contributed by atoms with van der Waals surface area (Å²) in [5, 5.41) is 3.35. The van der Waals surface area contributed by atoms with E-state index in [1.807, 2.05) is 0 Å². The smallest absolute Gasteiger partial charge is 0.279 e. The van der Waals surface area contributed by atoms with Gasteiger partial charge in [0.15, 0.2) is 0 Å². The van der Waals surface area contributed by atoms with E-state index in [4.69, 9.17) is 0 Å². The topological polar surface area (TPSA) is 61.4 Å². The fraction of sp³-hybridized carbons (Fsp3) is 1.00. The van der Waals surface area contributed by atoms with Crippen molar-refractivity contribution in [2.24, 2.45) is 5.41 Å². The third kappa shape index (κ3) is 5.15. The van der Waals surface area contributed by atoms with E-state index in [0.717, 1.165) is 51.6 Å². The molecule has 0 amide bonds. The summed E-state index contributed by atoms with van der Waals surface area (Å²) in [7, 11) is -3.29. The second-order valence-electron chi connectivity index (χ2n) is 6.23. The molecule has 2 fully saturated rings. The Morgan fingerprint density at radius 3 is 2.35 bits per heavy atom. The van der Waals surface area contributed by atoms with Gasteiger partial charge in [0.1, 0.15) is 0 Å². The van der Waals surface area contributed by atoms with Crippen LogP contribution in [0.15, 0.2) is 0 Å². The summed E-state index contributed by atoms with van der Waals surface area (Å²) in [6, 6.07) is 0. The van der Waals surface area contributed by atoms with Gasteiger partial charge in [-0.05, 0) is 37.6 Å². The van der Waals surface area contributed by atoms with E-state index in [0.29, 0.717) is 19.6 Å². The van der Waals surface area contributed by atoms with Crippen LogP contribution in [0.3, 0.4) is 0 Å². The number of piperidine rings is 1. The highest BCUT2D eigenvalue weighted by atomic mass is 35.5. The van der Waals surface area contributed by atoms with Crippen LogP contribution in [-0.4, -0.2) is 45.4 Å². The molecule has 2 saturated heterocycles. The van der Waals surface area contributed by atoms with E-state index in [2.05, 4.69) is 17.0 Å². The van der Waals surface area contributed by atoms with Crippen LogP contribution < -0.4 is 10.0 Å². The highest BCUT2D eigenvalue weighted by molar-refractivity contribution is 7.87. The van der Waals surface area contributed by atoms with Gasteiger partial charge in [-0.1, -0.05) is 19.8 Å². The second kappa shape index (κ2) is 7.94. The van der Waals surface area contributed by atoms with Crippen LogP contribution in [0.4, 0.5) is 0 Å². The fourth-order valence-corrected chi connectivity index (χ4v) is 4.36. The quantitative estimate of drug-likeness (QED) is 0.823. The summed E-state index contributed by atoms with van der Waals surface area (Å²) >= 11 is 0. The minimum Gasteiger partial charge on any atom is -0.316 e. The molecular formula is C13H28ClN3O2S. The number of hydrogen-bond donors (Lipinski definition) is 2. The van der Waals surface area contributed by atoms with Gasteiger partial charge in [-0.2, -0.15) is 12.7 Å². The summed E-state index contributed by atoms with van der Waals surface area (Å²) in [6.07, 6.45) is 6.48. The van der Waals surface area contributed by atoms with Crippen LogP contribution in [0, 0.1) is 5.41 Å². The lowest BCUT2D eigenvalue weighted by molar-refractivity contribution is 0.236. The Balaban J connectivity index is 0.00000200. The number of nitrogens with zero attached hydrogens (tertiary/aromatic N) is 1. The minimum absolute atomic E-state index is 0. The van der Waals surface area contributed by atoms with Crippen molar-refractivity contribution in [3.63, 3.8) is 0 Å². The van der Waals surface area contributed by atoms with E-state index < -0.39 is 10.2 Å². The Morgan fingerprint density at radius 2 is 1.80 bits per heavy atom. The van der Waals surface area contributed by atoms with Crippen LogP contribution in [0.25, 0.3) is 0 Å². The third-order valence-corrected chi connectivity index (χ3v) is 5.83. The largest absolute Gasteiger partial charge is 0.316 e. The van der Waals surface area contributed by atoms with Gasteiger partial charge in [0.05, 0.1) is 0 Å². The number of nitrogens with one attached hydrogen (secondary N) is 2. The zero-order valence-electron chi connectivity index (χ0n) is 12.4. The monoisotopic (exact) mass is 325 g/mol. The highest BCUT2D eigenvalue weighted by Crippen LogP contribution is 2.24. The first-order valence-electron chi connectivity index (χ1n) is 7.47. The molecule has 0 aromatic rings. The molecule has 0 aromatic heterocycles. The average Bonchev–Trinajstić information content (AvgIpc) is 2.67. The molecular weight excluding hydrogens is 298 g/mol. The van der Waals surface area contributed by atoms with Gasteiger partial charge in [0.2, 0.25) is 0 Å². The van der Waals surface area contributed by atoms with Crippen LogP contribution in [0.5, 0.6) is 0 Å². The lowest BCUT2D eigenvalue weighted by Gasteiger charge is -2.34. The molecule has 120 valence electrons. The first-order chi connectivity index (χ1) is 9.02. The molecule has 0 radical (unpaired) electrons. The zero-order valence-corrected chi connectivity index (χ0v) is 14.0. The molecule has 2 N–H and O–H groups in total. The summed E-state index contributed by atoms with van der Waals surface area (Å²) in [6.45, 7) is 5.99. The molecule has 0 bridgehead atoms. The van der Waals surface area contributed by atoms with Crippen LogP contribution in [-0.2, 0) is 10.2 Å². The van der Waals surface area contributed by atoms with E-state index in [1.54, 1.807) is 4.31 Å². The van der Waals surface area contributed by atoms with Crippen LogP contribution in [0.1, 0.15) is 45.4 Å². The molecule has 0 aliphatic carbocycles. The second-order valence-corrected chi connectivity index (χ2v) is 7.99. The van der Waals surface area contributed by atoms with Crippen molar-refractivity contribution in [1.82, 2.24) is 14.3 Å².